The van der Waals surface area contributed by atoms with Gasteiger partial charge < -0.3 is 0 Å². The normalized spacial score (nSPS) is 18.5. The molecule has 0 unspecified atom stereocenters. The Morgan fingerprint density at radius 2 is 2.29 bits per heavy atom. The molecule has 90 valence electrons. The second-order valence-electron chi connectivity index (χ2n) is 3.77. The largest absolute Gasteiger partial charge is 0.293 e. The summed E-state index contributed by atoms with van der Waals surface area (Å²) in [4.78, 5) is 14.3. The van der Waals surface area contributed by atoms with E-state index >= 15 is 0 Å². The van der Waals surface area contributed by atoms with E-state index in [9.17, 15) is 4.79 Å². The summed E-state index contributed by atoms with van der Waals surface area (Å²) in [5.74, 6) is -0.00856. The van der Waals surface area contributed by atoms with Crippen LogP contribution in [0.2, 0.25) is 0 Å². The molecule has 4 nitrogen and oxygen atoms in total. The Bertz CT molecular complexity index is 519. The maximum Gasteiger partial charge on any atom is 0.266 e. The van der Waals surface area contributed by atoms with Crippen LogP contribution < -0.4 is 0 Å². The Morgan fingerprint density at radius 3 is 2.76 bits per heavy atom. The van der Waals surface area contributed by atoms with Crippen molar-refractivity contribution >= 4 is 40.3 Å². The monoisotopic (exact) mass is 267 g/mol. The molecule has 0 aliphatic carbocycles. The highest BCUT2D eigenvalue weighted by atomic mass is 32.2. The summed E-state index contributed by atoms with van der Waals surface area (Å²) in [6.07, 6.45) is 3.76. The van der Waals surface area contributed by atoms with Crippen LogP contribution in [0.1, 0.15) is 18.2 Å². The van der Waals surface area contributed by atoms with Crippen LogP contribution in [0.4, 0.5) is 0 Å². The van der Waals surface area contributed by atoms with Crippen molar-refractivity contribution in [2.75, 3.05) is 6.54 Å². The van der Waals surface area contributed by atoms with Crippen molar-refractivity contribution in [3.8, 4) is 0 Å². The zero-order valence-corrected chi connectivity index (χ0v) is 11.6. The number of aromatic nitrogens is 2. The third-order valence-electron chi connectivity index (χ3n) is 2.53. The summed E-state index contributed by atoms with van der Waals surface area (Å²) >= 11 is 6.51. The molecule has 17 heavy (non-hydrogen) atoms. The van der Waals surface area contributed by atoms with Gasteiger partial charge in [0.2, 0.25) is 0 Å². The third kappa shape index (κ3) is 2.28. The molecule has 1 aromatic rings. The van der Waals surface area contributed by atoms with E-state index in [1.165, 1.54) is 11.8 Å². The number of hydrogen-bond donors (Lipinski definition) is 0. The van der Waals surface area contributed by atoms with Crippen molar-refractivity contribution in [3.63, 3.8) is 0 Å². The average molecular weight is 267 g/mol. The molecular weight excluding hydrogens is 254 g/mol. The molecular formula is C11H13N3OS2. The number of nitrogens with zero attached hydrogens (tertiary/aromatic N) is 3. The molecule has 1 aromatic heterocycles. The molecule has 0 aromatic carbocycles. The summed E-state index contributed by atoms with van der Waals surface area (Å²) in [5, 5.41) is 4.24. The highest BCUT2D eigenvalue weighted by Gasteiger charge is 2.30. The van der Waals surface area contributed by atoms with Crippen molar-refractivity contribution in [1.29, 1.82) is 0 Å². The molecule has 0 radical (unpaired) electrons. The quantitative estimate of drug-likeness (QED) is 0.606. The highest BCUT2D eigenvalue weighted by Crippen LogP contribution is 2.32. The van der Waals surface area contributed by atoms with Crippen LogP contribution in [0.25, 0.3) is 6.08 Å². The second-order valence-corrected chi connectivity index (χ2v) is 5.45. The number of hydrogen-bond acceptors (Lipinski definition) is 4. The lowest BCUT2D eigenvalue weighted by molar-refractivity contribution is -0.121. The Kier molecular flexibility index (Phi) is 3.35. The number of thioether (sulfide) groups is 1. The predicted octanol–water partition coefficient (Wildman–Crippen LogP) is 1.95. The van der Waals surface area contributed by atoms with Gasteiger partial charge in [-0.25, -0.2) is 0 Å². The minimum absolute atomic E-state index is 0.00856. The molecule has 1 fully saturated rings. The summed E-state index contributed by atoms with van der Waals surface area (Å²) in [7, 11) is 1.86. The van der Waals surface area contributed by atoms with Gasteiger partial charge in [0.15, 0.2) is 0 Å². The van der Waals surface area contributed by atoms with Gasteiger partial charge in [-0.1, -0.05) is 24.0 Å². The van der Waals surface area contributed by atoms with Gasteiger partial charge in [-0.15, -0.1) is 0 Å². The molecule has 0 spiro atoms. The Balaban J connectivity index is 2.33. The van der Waals surface area contributed by atoms with Crippen molar-refractivity contribution in [2.45, 2.75) is 13.8 Å². The van der Waals surface area contributed by atoms with Crippen LogP contribution in [0.3, 0.4) is 0 Å². The first kappa shape index (κ1) is 12.3. The van der Waals surface area contributed by atoms with Gasteiger partial charge in [0, 0.05) is 25.4 Å². The molecule has 0 saturated carbocycles. The van der Waals surface area contributed by atoms with Crippen LogP contribution in [0.15, 0.2) is 11.1 Å². The van der Waals surface area contributed by atoms with Crippen molar-refractivity contribution in [3.05, 3.63) is 22.4 Å². The van der Waals surface area contributed by atoms with Crippen LogP contribution in [0.5, 0.6) is 0 Å². The summed E-state index contributed by atoms with van der Waals surface area (Å²) in [6, 6.07) is 0. The maximum absolute atomic E-state index is 12.0. The number of thiocarbonyl (C=S) groups is 1. The van der Waals surface area contributed by atoms with Crippen molar-refractivity contribution in [2.24, 2.45) is 7.05 Å². The van der Waals surface area contributed by atoms with Gasteiger partial charge >= 0.3 is 0 Å². The number of carbonyl (C=O) groups is 1. The zero-order valence-electron chi connectivity index (χ0n) is 9.93. The minimum atomic E-state index is -0.00856. The first-order valence-corrected chi connectivity index (χ1v) is 6.51. The number of likely N-dealkylation sites (N-methyl/N-ethyl adjacent to an activating group) is 1. The zero-order chi connectivity index (χ0) is 12.6. The van der Waals surface area contributed by atoms with E-state index in [1.54, 1.807) is 9.58 Å². The van der Waals surface area contributed by atoms with E-state index in [2.05, 4.69) is 5.10 Å². The summed E-state index contributed by atoms with van der Waals surface area (Å²) in [5.41, 5.74) is 1.87. The fraction of sp³-hybridized carbons (Fsp3) is 0.364. The topological polar surface area (TPSA) is 38.1 Å². The number of aryl methyl sites for hydroxylation is 2. The molecule has 6 heteroatoms. The van der Waals surface area contributed by atoms with Gasteiger partial charge in [-0.2, -0.15) is 5.10 Å². The smallest absolute Gasteiger partial charge is 0.266 e. The van der Waals surface area contributed by atoms with E-state index in [0.717, 1.165) is 11.3 Å². The number of rotatable bonds is 2. The molecule has 2 rings (SSSR count). The fourth-order valence-corrected chi connectivity index (χ4v) is 3.05. The fourth-order valence-electron chi connectivity index (χ4n) is 1.67. The molecule has 0 N–H and O–H groups in total. The summed E-state index contributed by atoms with van der Waals surface area (Å²) in [6.45, 7) is 4.46. The SMILES string of the molecule is CCN1C(=O)/C(=C/c2cn(C)nc2C)SC1=S. The molecule has 0 bridgehead atoms. The maximum atomic E-state index is 12.0. The van der Waals surface area contributed by atoms with E-state index in [1.807, 2.05) is 33.2 Å². The second kappa shape index (κ2) is 4.62. The highest BCUT2D eigenvalue weighted by molar-refractivity contribution is 8.26. The van der Waals surface area contributed by atoms with Gasteiger partial charge in [0.05, 0.1) is 10.6 Å². The van der Waals surface area contributed by atoms with Crippen LogP contribution in [-0.4, -0.2) is 31.5 Å². The Hall–Kier alpha value is -1.14. The lowest BCUT2D eigenvalue weighted by atomic mass is 10.2. The Morgan fingerprint density at radius 1 is 1.59 bits per heavy atom. The molecule has 1 aliphatic rings. The average Bonchev–Trinajstić information content (AvgIpc) is 2.69. The minimum Gasteiger partial charge on any atom is -0.293 e. The molecule has 0 atom stereocenters. The summed E-state index contributed by atoms with van der Waals surface area (Å²) < 4.78 is 2.37. The van der Waals surface area contributed by atoms with Gasteiger partial charge in [0.1, 0.15) is 4.32 Å². The van der Waals surface area contributed by atoms with Gasteiger partial charge in [-0.3, -0.25) is 14.4 Å². The van der Waals surface area contributed by atoms with Crippen LogP contribution >= 0.6 is 24.0 Å². The first-order chi connectivity index (χ1) is 8.02. The molecule has 2 heterocycles. The van der Waals surface area contributed by atoms with Crippen LogP contribution in [-0.2, 0) is 11.8 Å². The molecule has 1 saturated heterocycles. The van der Waals surface area contributed by atoms with Crippen LogP contribution in [0, 0.1) is 6.92 Å². The first-order valence-electron chi connectivity index (χ1n) is 5.28. The van der Waals surface area contributed by atoms with E-state index in [0.29, 0.717) is 15.8 Å². The van der Waals surface area contributed by atoms with Gasteiger partial charge in [0.25, 0.3) is 5.91 Å². The van der Waals surface area contributed by atoms with E-state index in [4.69, 9.17) is 12.2 Å². The molecule has 1 amide bonds. The lowest BCUT2D eigenvalue weighted by Gasteiger charge is -2.09. The van der Waals surface area contributed by atoms with E-state index < -0.39 is 0 Å². The van der Waals surface area contributed by atoms with Crippen molar-refractivity contribution < 1.29 is 4.79 Å². The number of carbonyl (C=O) groups excluding carboxylic acids is 1. The standard InChI is InChI=1S/C11H13N3OS2/c1-4-14-10(15)9(17-11(14)16)5-8-6-13(3)12-7(8)2/h5-6H,4H2,1-3H3/b9-5-. The van der Waals surface area contributed by atoms with Gasteiger partial charge in [-0.05, 0) is 19.9 Å². The van der Waals surface area contributed by atoms with E-state index in [-0.39, 0.29) is 5.91 Å². The molecule has 1 aliphatic heterocycles. The lowest BCUT2D eigenvalue weighted by Crippen LogP contribution is -2.27. The Labute approximate surface area is 110 Å². The predicted molar refractivity (Wildman–Crippen MR) is 73.5 cm³/mol. The number of amides is 1. The van der Waals surface area contributed by atoms with Crippen molar-refractivity contribution in [1.82, 2.24) is 14.7 Å². The third-order valence-corrected chi connectivity index (χ3v) is 3.91.